The van der Waals surface area contributed by atoms with Gasteiger partial charge in [0.1, 0.15) is 17.6 Å². The van der Waals surface area contributed by atoms with Crippen molar-refractivity contribution < 1.29 is 24.7 Å². The molecule has 12 heteroatoms. The lowest BCUT2D eigenvalue weighted by Crippen LogP contribution is -2.32. The molecule has 0 bridgehead atoms. The number of nitro groups is 1. The van der Waals surface area contributed by atoms with E-state index in [-0.39, 0.29) is 24.1 Å². The average Bonchev–Trinajstić information content (AvgIpc) is 3.82. The van der Waals surface area contributed by atoms with Crippen LogP contribution in [0.5, 0.6) is 0 Å². The minimum absolute atomic E-state index is 0.0236. The molecule has 48 heavy (non-hydrogen) atoms. The van der Waals surface area contributed by atoms with Gasteiger partial charge in [0.25, 0.3) is 5.69 Å². The van der Waals surface area contributed by atoms with Crippen molar-refractivity contribution in [1.82, 2.24) is 15.0 Å². The van der Waals surface area contributed by atoms with Gasteiger partial charge in [-0.1, -0.05) is 17.8 Å². The van der Waals surface area contributed by atoms with Gasteiger partial charge in [-0.05, 0) is 65.7 Å². The number of carboxylic acid groups (broad SMARTS) is 2. The molecule has 9 N–H and O–H groups in total. The molecule has 0 amide bonds. The first-order chi connectivity index (χ1) is 23.0. The topological polar surface area (TPSA) is 217 Å². The Balaban J connectivity index is 0.000000169. The van der Waals surface area contributed by atoms with E-state index in [1.807, 2.05) is 48.7 Å². The van der Waals surface area contributed by atoms with Gasteiger partial charge < -0.3 is 36.6 Å². The lowest BCUT2D eigenvalue weighted by Gasteiger charge is -2.05. The minimum Gasteiger partial charge on any atom is -0.480 e. The Morgan fingerprint density at radius 1 is 0.771 bits per heavy atom. The number of terminal acetylenes is 3. The highest BCUT2D eigenvalue weighted by Crippen LogP contribution is 2.32. The van der Waals surface area contributed by atoms with Gasteiger partial charge in [-0.2, -0.15) is 0 Å². The van der Waals surface area contributed by atoms with Crippen molar-refractivity contribution in [3.8, 4) is 37.0 Å². The predicted octanol–water partition coefficient (Wildman–Crippen LogP) is 4.26. The van der Waals surface area contributed by atoms with Gasteiger partial charge in [-0.15, -0.1) is 19.3 Å². The van der Waals surface area contributed by atoms with E-state index in [2.05, 4.69) is 32.7 Å². The largest absolute Gasteiger partial charge is 0.480 e. The summed E-state index contributed by atoms with van der Waals surface area (Å²) in [5, 5.41) is 31.2. The van der Waals surface area contributed by atoms with Gasteiger partial charge >= 0.3 is 11.9 Å². The lowest BCUT2D eigenvalue weighted by molar-refractivity contribution is -0.383. The van der Waals surface area contributed by atoms with Crippen LogP contribution in [0.1, 0.15) is 27.8 Å². The molecule has 6 rings (SSSR count). The highest BCUT2D eigenvalue weighted by molar-refractivity contribution is 5.95. The summed E-state index contributed by atoms with van der Waals surface area (Å²) in [6.45, 7) is 0. The molecule has 0 saturated carbocycles. The number of nitrogens with one attached hydrogen (secondary N) is 3. The number of fused-ring (bicyclic) bond motifs is 3. The molecule has 0 aliphatic heterocycles. The van der Waals surface area contributed by atoms with Crippen LogP contribution >= 0.6 is 0 Å². The zero-order chi connectivity index (χ0) is 35.0. The molecule has 2 atom stereocenters. The fourth-order valence-corrected chi connectivity index (χ4v) is 4.97. The SMILES string of the molecule is C#Cc1ccc2[nH]cc(C[C@H](N)C(=O)O)c2c1.C#Cc1ccc2[nH]cc(C[C@H](N)C(=O)O)c2c1[N+](=O)[O-].C#Cc1ccc2[nH]ccc2c1. The number of carbonyl (C=O) groups is 2. The van der Waals surface area contributed by atoms with E-state index in [0.29, 0.717) is 16.5 Å². The van der Waals surface area contributed by atoms with Crippen LogP contribution in [0.2, 0.25) is 0 Å². The molecule has 6 aromatic rings. The van der Waals surface area contributed by atoms with E-state index < -0.39 is 28.9 Å². The molecule has 0 spiro atoms. The van der Waals surface area contributed by atoms with Crippen molar-refractivity contribution in [1.29, 1.82) is 0 Å². The van der Waals surface area contributed by atoms with Crippen molar-refractivity contribution in [2.45, 2.75) is 24.9 Å². The number of H-pyrrole nitrogens is 3. The molecule has 0 unspecified atom stereocenters. The molecule has 3 aromatic heterocycles. The fourth-order valence-electron chi connectivity index (χ4n) is 4.97. The van der Waals surface area contributed by atoms with Crippen LogP contribution < -0.4 is 11.5 Å². The number of rotatable bonds is 7. The van der Waals surface area contributed by atoms with E-state index in [4.69, 9.17) is 41.0 Å². The Hall–Kier alpha value is -6.78. The lowest BCUT2D eigenvalue weighted by atomic mass is 10.0. The zero-order valence-corrected chi connectivity index (χ0v) is 25.4. The summed E-state index contributed by atoms with van der Waals surface area (Å²) in [4.78, 5) is 41.2. The first-order valence-electron chi connectivity index (χ1n) is 14.3. The zero-order valence-electron chi connectivity index (χ0n) is 25.4. The second-order valence-electron chi connectivity index (χ2n) is 10.5. The number of carboxylic acids is 2. The molecule has 0 saturated heterocycles. The Labute approximate surface area is 274 Å². The van der Waals surface area contributed by atoms with Crippen LogP contribution in [-0.4, -0.2) is 54.1 Å². The Kier molecular flexibility index (Phi) is 10.7. The molecular weight excluding hydrogens is 612 g/mol. The van der Waals surface area contributed by atoms with E-state index in [9.17, 15) is 19.7 Å². The Morgan fingerprint density at radius 2 is 1.33 bits per heavy atom. The van der Waals surface area contributed by atoms with Crippen LogP contribution in [0.15, 0.2) is 73.2 Å². The van der Waals surface area contributed by atoms with E-state index >= 15 is 0 Å². The molecule has 3 aromatic carbocycles. The van der Waals surface area contributed by atoms with Crippen LogP contribution in [0.3, 0.4) is 0 Å². The first kappa shape index (κ1) is 34.1. The second kappa shape index (κ2) is 15.0. The third kappa shape index (κ3) is 7.71. The molecule has 12 nitrogen and oxygen atoms in total. The third-order valence-electron chi connectivity index (χ3n) is 7.41. The average molecular weight is 643 g/mol. The molecule has 0 aliphatic rings. The summed E-state index contributed by atoms with van der Waals surface area (Å²) in [6, 6.07) is 14.5. The molecular formula is C36H30N6O6. The van der Waals surface area contributed by atoms with Gasteiger partial charge in [0, 0.05) is 64.4 Å². The normalized spacial score (nSPS) is 11.6. The Bertz CT molecular complexity index is 2270. The van der Waals surface area contributed by atoms with Crippen molar-refractivity contribution in [2.75, 3.05) is 0 Å². The molecule has 3 heterocycles. The monoisotopic (exact) mass is 642 g/mol. The van der Waals surface area contributed by atoms with Crippen LogP contribution in [0.25, 0.3) is 32.7 Å². The molecule has 0 fully saturated rings. The highest BCUT2D eigenvalue weighted by Gasteiger charge is 2.23. The number of nitro benzene ring substituents is 1. The van der Waals surface area contributed by atoms with E-state index in [0.717, 1.165) is 33.1 Å². The number of benzene rings is 3. The van der Waals surface area contributed by atoms with Crippen LogP contribution in [0, 0.1) is 47.1 Å². The minimum atomic E-state index is -1.17. The standard InChI is InChI=1S/C13H11N3O4.C13H12N2O2.C10H7N/c1-2-7-3-4-10-11(12(7)16(19)20)8(6-15-10)5-9(14)13(17)18;1-2-8-3-4-12-10(5-8)9(7-15-12)6-11(14)13(16)17;1-2-8-3-4-10-9(7-8)5-6-11-10/h1,3-4,6,9,15H,5,14H2,(H,17,18);1,3-5,7,11,15H,6,14H2,(H,16,17);1,3-7,11H/t9-;11-;/m00./s1. The first-order valence-corrected chi connectivity index (χ1v) is 14.3. The summed E-state index contributed by atoms with van der Waals surface area (Å²) in [7, 11) is 0. The summed E-state index contributed by atoms with van der Waals surface area (Å²) in [5.41, 5.74) is 16.5. The van der Waals surface area contributed by atoms with Gasteiger partial charge in [-0.3, -0.25) is 19.7 Å². The van der Waals surface area contributed by atoms with Crippen LogP contribution in [0.4, 0.5) is 5.69 Å². The summed E-state index contributed by atoms with van der Waals surface area (Å²) in [6.07, 6.45) is 21.3. The number of hydrogen-bond acceptors (Lipinski definition) is 6. The quantitative estimate of drug-likeness (QED) is 0.0756. The highest BCUT2D eigenvalue weighted by atomic mass is 16.6. The number of aromatic nitrogens is 3. The van der Waals surface area contributed by atoms with Crippen molar-refractivity contribution in [3.63, 3.8) is 0 Å². The summed E-state index contributed by atoms with van der Waals surface area (Å²) >= 11 is 0. The van der Waals surface area contributed by atoms with Crippen LogP contribution in [-0.2, 0) is 22.4 Å². The maximum absolute atomic E-state index is 11.2. The number of hydrogen-bond donors (Lipinski definition) is 7. The molecule has 240 valence electrons. The summed E-state index contributed by atoms with van der Waals surface area (Å²) < 4.78 is 0. The smallest absolute Gasteiger partial charge is 0.320 e. The van der Waals surface area contributed by atoms with E-state index in [1.165, 1.54) is 17.6 Å². The number of nitrogens with zero attached hydrogens (tertiary/aromatic N) is 1. The number of aromatic amines is 3. The Morgan fingerprint density at radius 3 is 1.94 bits per heavy atom. The van der Waals surface area contributed by atoms with Crippen molar-refractivity contribution >= 4 is 50.3 Å². The van der Waals surface area contributed by atoms with Crippen molar-refractivity contribution in [2.24, 2.45) is 11.5 Å². The van der Waals surface area contributed by atoms with Gasteiger partial charge in [0.2, 0.25) is 0 Å². The predicted molar refractivity (Wildman–Crippen MR) is 184 cm³/mol. The molecule has 0 radical (unpaired) electrons. The molecule has 0 aliphatic carbocycles. The van der Waals surface area contributed by atoms with Crippen molar-refractivity contribution in [3.05, 3.63) is 111 Å². The maximum atomic E-state index is 11.2. The maximum Gasteiger partial charge on any atom is 0.320 e. The van der Waals surface area contributed by atoms with Gasteiger partial charge in [0.05, 0.1) is 15.8 Å². The second-order valence-corrected chi connectivity index (χ2v) is 10.5. The number of aliphatic carboxylic acids is 2. The third-order valence-corrected chi connectivity index (χ3v) is 7.41. The fraction of sp³-hybridized carbons (Fsp3) is 0.111. The summed E-state index contributed by atoms with van der Waals surface area (Å²) in [5.74, 6) is 5.23. The number of nitrogens with two attached hydrogens (primary N) is 2. The van der Waals surface area contributed by atoms with Gasteiger partial charge in [0.15, 0.2) is 0 Å². The van der Waals surface area contributed by atoms with Gasteiger partial charge in [-0.25, -0.2) is 0 Å². The van der Waals surface area contributed by atoms with E-state index in [1.54, 1.807) is 12.3 Å².